The fourth-order valence-electron chi connectivity index (χ4n) is 3.98. The summed E-state index contributed by atoms with van der Waals surface area (Å²) in [6.45, 7) is 3.38. The first-order valence-corrected chi connectivity index (χ1v) is 10.3. The minimum atomic E-state index is -0.127. The predicted molar refractivity (Wildman–Crippen MR) is 117 cm³/mol. The zero-order chi connectivity index (χ0) is 21.2. The normalized spacial score (nSPS) is 16.4. The highest BCUT2D eigenvalue weighted by atomic mass is 16.1. The van der Waals surface area contributed by atoms with Gasteiger partial charge in [0, 0.05) is 24.2 Å². The zero-order valence-electron chi connectivity index (χ0n) is 17.1. The molecule has 1 fully saturated rings. The van der Waals surface area contributed by atoms with Gasteiger partial charge < -0.3 is 10.2 Å². The number of aromatic nitrogens is 6. The number of nitrogens with zero attached hydrogens (tertiary/aromatic N) is 7. The van der Waals surface area contributed by atoms with Gasteiger partial charge in [-0.1, -0.05) is 18.2 Å². The highest BCUT2D eigenvalue weighted by Gasteiger charge is 2.27. The van der Waals surface area contributed by atoms with Crippen molar-refractivity contribution in [2.45, 2.75) is 19.8 Å². The van der Waals surface area contributed by atoms with Gasteiger partial charge >= 0.3 is 0 Å². The molecule has 9 nitrogen and oxygen atoms in total. The Labute approximate surface area is 179 Å². The number of piperidine rings is 1. The summed E-state index contributed by atoms with van der Waals surface area (Å²) in [4.78, 5) is 23.7. The number of nitrogens with one attached hydrogen (secondary N) is 1. The second kappa shape index (κ2) is 8.10. The van der Waals surface area contributed by atoms with Gasteiger partial charge in [-0.3, -0.25) is 9.78 Å². The molecule has 1 aliphatic heterocycles. The Hall–Kier alpha value is -3.88. The monoisotopic (exact) mass is 414 g/mol. The molecule has 9 heteroatoms. The van der Waals surface area contributed by atoms with Gasteiger partial charge in [-0.05, 0) is 44.0 Å². The molecule has 1 N–H and O–H groups in total. The maximum atomic E-state index is 13.1. The summed E-state index contributed by atoms with van der Waals surface area (Å²) in [5.41, 5.74) is 2.56. The van der Waals surface area contributed by atoms with E-state index in [-0.39, 0.29) is 11.8 Å². The van der Waals surface area contributed by atoms with Crippen molar-refractivity contribution in [2.75, 3.05) is 23.3 Å². The van der Waals surface area contributed by atoms with E-state index in [1.807, 2.05) is 49.4 Å². The summed E-state index contributed by atoms with van der Waals surface area (Å²) in [7, 11) is 0. The summed E-state index contributed by atoms with van der Waals surface area (Å²) in [6, 6.07) is 13.5. The van der Waals surface area contributed by atoms with Crippen molar-refractivity contribution in [3.8, 4) is 5.82 Å². The number of anilines is 2. The standard InChI is InChI=1S/C22H22N8O/c1-15-11-19(17-6-2-3-7-18(17)25-15)26-22(31)16-5-4-10-29(12-16)20-8-9-21(28-27-20)30-14-23-13-24-30/h2-3,6-9,11,13-14,16H,4-5,10,12H2,1H3,(H,25,26,31). The maximum absolute atomic E-state index is 13.1. The van der Waals surface area contributed by atoms with E-state index in [1.165, 1.54) is 6.33 Å². The Morgan fingerprint density at radius 3 is 2.77 bits per heavy atom. The third kappa shape index (κ3) is 3.94. The Balaban J connectivity index is 1.31. The molecule has 4 aromatic rings. The minimum absolute atomic E-state index is 0.0210. The molecule has 1 atom stereocenters. The molecule has 4 heterocycles. The summed E-state index contributed by atoms with van der Waals surface area (Å²) in [6.07, 6.45) is 4.79. The third-order valence-corrected chi connectivity index (χ3v) is 5.51. The molecule has 5 rings (SSSR count). The van der Waals surface area contributed by atoms with Crippen molar-refractivity contribution < 1.29 is 4.79 Å². The number of carbonyl (C=O) groups is 1. The first kappa shape index (κ1) is 19.1. The molecule has 0 bridgehead atoms. The van der Waals surface area contributed by atoms with Crippen molar-refractivity contribution in [2.24, 2.45) is 5.92 Å². The quantitative estimate of drug-likeness (QED) is 0.548. The summed E-state index contributed by atoms with van der Waals surface area (Å²) < 4.78 is 1.56. The fourth-order valence-corrected chi connectivity index (χ4v) is 3.98. The number of carbonyl (C=O) groups excluding carboxylic acids is 1. The molecule has 3 aromatic heterocycles. The summed E-state index contributed by atoms with van der Waals surface area (Å²) in [5.74, 6) is 1.25. The lowest BCUT2D eigenvalue weighted by atomic mass is 9.97. The van der Waals surface area contributed by atoms with Gasteiger partial charge in [0.05, 0.1) is 17.1 Å². The average Bonchev–Trinajstić information content (AvgIpc) is 3.34. The van der Waals surface area contributed by atoms with E-state index in [0.717, 1.165) is 47.5 Å². The molecule has 1 unspecified atom stereocenters. The number of hydrogen-bond acceptors (Lipinski definition) is 7. The number of rotatable bonds is 4. The second-order valence-corrected chi connectivity index (χ2v) is 7.69. The minimum Gasteiger partial charge on any atom is -0.354 e. The van der Waals surface area contributed by atoms with Crippen molar-refractivity contribution in [3.63, 3.8) is 0 Å². The molecule has 1 aliphatic rings. The van der Waals surface area contributed by atoms with Crippen LogP contribution in [0.2, 0.25) is 0 Å². The largest absolute Gasteiger partial charge is 0.354 e. The maximum Gasteiger partial charge on any atom is 0.229 e. The van der Waals surface area contributed by atoms with Crippen LogP contribution < -0.4 is 10.2 Å². The number of amides is 1. The van der Waals surface area contributed by atoms with Crippen LogP contribution in [0.3, 0.4) is 0 Å². The third-order valence-electron chi connectivity index (χ3n) is 5.51. The van der Waals surface area contributed by atoms with Crippen LogP contribution in [0.5, 0.6) is 0 Å². The van der Waals surface area contributed by atoms with Crippen LogP contribution in [-0.4, -0.2) is 48.9 Å². The molecule has 1 aromatic carbocycles. The van der Waals surface area contributed by atoms with E-state index in [1.54, 1.807) is 11.0 Å². The van der Waals surface area contributed by atoms with Crippen LogP contribution in [0, 0.1) is 12.8 Å². The van der Waals surface area contributed by atoms with E-state index in [0.29, 0.717) is 12.4 Å². The van der Waals surface area contributed by atoms with Gasteiger partial charge in [0.2, 0.25) is 5.91 Å². The highest BCUT2D eigenvalue weighted by molar-refractivity contribution is 6.02. The molecule has 1 amide bonds. The van der Waals surface area contributed by atoms with Crippen molar-refractivity contribution in [1.82, 2.24) is 29.9 Å². The lowest BCUT2D eigenvalue weighted by Gasteiger charge is -2.32. The Morgan fingerprint density at radius 2 is 1.97 bits per heavy atom. The van der Waals surface area contributed by atoms with E-state index < -0.39 is 0 Å². The molecule has 0 saturated carbocycles. The SMILES string of the molecule is Cc1cc(NC(=O)C2CCCN(c3ccc(-n4cncn4)nn3)C2)c2ccccc2n1. The smallest absolute Gasteiger partial charge is 0.229 e. The molecule has 1 saturated heterocycles. The number of fused-ring (bicyclic) bond motifs is 1. The van der Waals surface area contributed by atoms with Gasteiger partial charge in [0.1, 0.15) is 12.7 Å². The first-order chi connectivity index (χ1) is 15.2. The molecule has 0 aliphatic carbocycles. The van der Waals surface area contributed by atoms with E-state index in [9.17, 15) is 4.79 Å². The Bertz CT molecular complexity index is 1210. The topological polar surface area (TPSA) is 102 Å². The second-order valence-electron chi connectivity index (χ2n) is 7.69. The van der Waals surface area contributed by atoms with Crippen LogP contribution in [0.15, 0.2) is 55.1 Å². The highest BCUT2D eigenvalue weighted by Crippen LogP contribution is 2.26. The van der Waals surface area contributed by atoms with Crippen molar-refractivity contribution in [1.29, 1.82) is 0 Å². The van der Waals surface area contributed by atoms with Crippen molar-refractivity contribution >= 4 is 28.3 Å². The average molecular weight is 414 g/mol. The Morgan fingerprint density at radius 1 is 1.13 bits per heavy atom. The lowest BCUT2D eigenvalue weighted by molar-refractivity contribution is -0.120. The molecular weight excluding hydrogens is 392 g/mol. The van der Waals surface area contributed by atoms with Gasteiger partial charge in [-0.15, -0.1) is 10.2 Å². The van der Waals surface area contributed by atoms with E-state index in [4.69, 9.17) is 0 Å². The molecule has 156 valence electrons. The Kier molecular flexibility index (Phi) is 4.99. The van der Waals surface area contributed by atoms with Crippen LogP contribution in [0.25, 0.3) is 16.7 Å². The number of pyridine rings is 1. The first-order valence-electron chi connectivity index (χ1n) is 10.3. The predicted octanol–water partition coefficient (Wildman–Crippen LogP) is 2.77. The van der Waals surface area contributed by atoms with Crippen LogP contribution in [0.4, 0.5) is 11.5 Å². The number of hydrogen-bond donors (Lipinski definition) is 1. The zero-order valence-corrected chi connectivity index (χ0v) is 17.1. The van der Waals surface area contributed by atoms with Crippen LogP contribution in [0.1, 0.15) is 18.5 Å². The van der Waals surface area contributed by atoms with Gasteiger partial charge in [0.15, 0.2) is 11.6 Å². The van der Waals surface area contributed by atoms with Crippen LogP contribution in [-0.2, 0) is 4.79 Å². The summed E-state index contributed by atoms with van der Waals surface area (Å²) in [5, 5.41) is 16.7. The molecule has 0 spiro atoms. The van der Waals surface area contributed by atoms with E-state index >= 15 is 0 Å². The number of aryl methyl sites for hydroxylation is 1. The lowest BCUT2D eigenvalue weighted by Crippen LogP contribution is -2.41. The van der Waals surface area contributed by atoms with Gasteiger partial charge in [-0.2, -0.15) is 5.10 Å². The molecule has 31 heavy (non-hydrogen) atoms. The van der Waals surface area contributed by atoms with Gasteiger partial charge in [-0.25, -0.2) is 9.67 Å². The fraction of sp³-hybridized carbons (Fsp3) is 0.273. The molecule has 0 radical (unpaired) electrons. The summed E-state index contributed by atoms with van der Waals surface area (Å²) >= 11 is 0. The van der Waals surface area contributed by atoms with E-state index in [2.05, 4.69) is 35.5 Å². The van der Waals surface area contributed by atoms with Gasteiger partial charge in [0.25, 0.3) is 0 Å². The van der Waals surface area contributed by atoms with Crippen LogP contribution >= 0.6 is 0 Å². The number of benzene rings is 1. The molecular formula is C22H22N8O. The number of para-hydroxylation sites is 1. The van der Waals surface area contributed by atoms with Crippen molar-refractivity contribution in [3.05, 3.63) is 60.8 Å².